The van der Waals surface area contributed by atoms with E-state index in [1.54, 1.807) is 0 Å². The maximum absolute atomic E-state index is 13.1. The molecule has 2 rings (SSSR count). The van der Waals surface area contributed by atoms with Gasteiger partial charge >= 0.3 is 0 Å². The van der Waals surface area contributed by atoms with Crippen molar-refractivity contribution in [3.05, 3.63) is 35.4 Å². The molecule has 1 fully saturated rings. The Morgan fingerprint density at radius 1 is 1.29 bits per heavy atom. The Labute approximate surface area is 99.2 Å². The quantitative estimate of drug-likeness (QED) is 0.860. The topological polar surface area (TPSA) is 29.5 Å². The fourth-order valence-corrected chi connectivity index (χ4v) is 2.04. The molecule has 94 valence electrons. The molecule has 2 unspecified atom stereocenters. The fraction of sp³-hybridized carbons (Fsp3) is 0.538. The molecule has 1 aromatic carbocycles. The van der Waals surface area contributed by atoms with Crippen molar-refractivity contribution in [3.63, 3.8) is 0 Å². The third-order valence-electron chi connectivity index (χ3n) is 2.98. The summed E-state index contributed by atoms with van der Waals surface area (Å²) in [4.78, 5) is 0. The second kappa shape index (κ2) is 5.10. The van der Waals surface area contributed by atoms with E-state index in [1.807, 2.05) is 6.92 Å². The predicted molar refractivity (Wildman–Crippen MR) is 59.5 cm³/mol. The summed E-state index contributed by atoms with van der Waals surface area (Å²) < 4.78 is 31.6. The molecule has 17 heavy (non-hydrogen) atoms. The molecule has 1 aliphatic carbocycles. The average molecular weight is 242 g/mol. The van der Waals surface area contributed by atoms with E-state index in [2.05, 4.69) is 0 Å². The third-order valence-corrected chi connectivity index (χ3v) is 2.98. The van der Waals surface area contributed by atoms with Crippen molar-refractivity contribution in [2.45, 2.75) is 32.0 Å². The highest BCUT2D eigenvalue weighted by Gasteiger charge is 2.37. The minimum Gasteiger partial charge on any atom is -0.386 e. The molecule has 1 saturated carbocycles. The van der Waals surface area contributed by atoms with Crippen molar-refractivity contribution < 1.29 is 18.6 Å². The zero-order valence-electron chi connectivity index (χ0n) is 9.70. The van der Waals surface area contributed by atoms with Crippen LogP contribution in [0, 0.1) is 17.6 Å². The number of aliphatic hydroxyl groups excluding tert-OH is 1. The largest absolute Gasteiger partial charge is 0.386 e. The molecule has 1 aromatic rings. The van der Waals surface area contributed by atoms with Gasteiger partial charge in [-0.3, -0.25) is 0 Å². The van der Waals surface area contributed by atoms with E-state index in [0.717, 1.165) is 31.0 Å². The Bertz CT molecular complexity index is 371. The minimum absolute atomic E-state index is 0.243. The van der Waals surface area contributed by atoms with Gasteiger partial charge in [0.15, 0.2) is 0 Å². The monoisotopic (exact) mass is 242 g/mol. The lowest BCUT2D eigenvalue weighted by molar-refractivity contribution is -0.0463. The fourth-order valence-electron chi connectivity index (χ4n) is 2.04. The van der Waals surface area contributed by atoms with Crippen LogP contribution in [0.5, 0.6) is 0 Å². The van der Waals surface area contributed by atoms with Gasteiger partial charge < -0.3 is 9.84 Å². The van der Waals surface area contributed by atoms with E-state index in [-0.39, 0.29) is 11.7 Å². The molecule has 0 bridgehead atoms. The summed E-state index contributed by atoms with van der Waals surface area (Å²) in [6.07, 6.45) is 0.674. The van der Waals surface area contributed by atoms with Crippen LogP contribution in [0.1, 0.15) is 31.4 Å². The molecule has 0 spiro atoms. The molecular weight excluding hydrogens is 226 g/mol. The van der Waals surface area contributed by atoms with Gasteiger partial charge in [0, 0.05) is 12.7 Å². The van der Waals surface area contributed by atoms with Crippen LogP contribution in [-0.4, -0.2) is 17.8 Å². The first-order valence-corrected chi connectivity index (χ1v) is 5.87. The number of rotatable bonds is 5. The summed E-state index contributed by atoms with van der Waals surface area (Å²) in [6, 6.07) is 3.10. The second-order valence-electron chi connectivity index (χ2n) is 4.41. The van der Waals surface area contributed by atoms with Crippen molar-refractivity contribution in [2.75, 3.05) is 6.61 Å². The SMILES string of the molecule is CCOC(C1CC1)C(O)c1cc(F)cc(F)c1. The van der Waals surface area contributed by atoms with Crippen molar-refractivity contribution in [2.24, 2.45) is 5.92 Å². The van der Waals surface area contributed by atoms with Crippen molar-refractivity contribution >= 4 is 0 Å². The van der Waals surface area contributed by atoms with Gasteiger partial charge in [-0.2, -0.15) is 0 Å². The maximum atomic E-state index is 13.1. The zero-order chi connectivity index (χ0) is 12.4. The van der Waals surface area contributed by atoms with Gasteiger partial charge in [0.25, 0.3) is 0 Å². The number of hydrogen-bond donors (Lipinski definition) is 1. The molecule has 0 saturated heterocycles. The molecule has 0 aromatic heterocycles. The normalized spacial score (nSPS) is 19.1. The van der Waals surface area contributed by atoms with Crippen LogP contribution in [0.4, 0.5) is 8.78 Å². The van der Waals surface area contributed by atoms with Gasteiger partial charge in [-0.15, -0.1) is 0 Å². The Morgan fingerprint density at radius 3 is 2.35 bits per heavy atom. The van der Waals surface area contributed by atoms with Gasteiger partial charge in [0.05, 0.1) is 6.10 Å². The Balaban J connectivity index is 2.18. The van der Waals surface area contributed by atoms with E-state index >= 15 is 0 Å². The Morgan fingerprint density at radius 2 is 1.88 bits per heavy atom. The smallest absolute Gasteiger partial charge is 0.126 e. The van der Waals surface area contributed by atoms with E-state index in [9.17, 15) is 13.9 Å². The first-order chi connectivity index (χ1) is 8.11. The van der Waals surface area contributed by atoms with Crippen molar-refractivity contribution in [1.82, 2.24) is 0 Å². The van der Waals surface area contributed by atoms with Crippen molar-refractivity contribution in [1.29, 1.82) is 0 Å². The van der Waals surface area contributed by atoms with Crippen LogP contribution < -0.4 is 0 Å². The summed E-state index contributed by atoms with van der Waals surface area (Å²) in [5.74, 6) is -1.05. The van der Waals surface area contributed by atoms with Crippen LogP contribution in [0.3, 0.4) is 0 Å². The van der Waals surface area contributed by atoms with Crippen LogP contribution in [0.2, 0.25) is 0 Å². The Kier molecular flexibility index (Phi) is 3.74. The lowest BCUT2D eigenvalue weighted by atomic mass is 10.0. The molecule has 1 N–H and O–H groups in total. The third kappa shape index (κ3) is 3.01. The first kappa shape index (κ1) is 12.5. The number of halogens is 2. The molecule has 0 radical (unpaired) electrons. The van der Waals surface area contributed by atoms with Gasteiger partial charge in [-0.1, -0.05) is 0 Å². The lowest BCUT2D eigenvalue weighted by Gasteiger charge is -2.23. The number of hydrogen-bond acceptors (Lipinski definition) is 2. The minimum atomic E-state index is -0.965. The predicted octanol–water partition coefficient (Wildman–Crippen LogP) is 2.81. The van der Waals surface area contributed by atoms with Crippen LogP contribution in [-0.2, 0) is 4.74 Å². The van der Waals surface area contributed by atoms with Gasteiger partial charge in [-0.05, 0) is 43.4 Å². The average Bonchev–Trinajstić information content (AvgIpc) is 3.07. The number of benzene rings is 1. The number of aliphatic hydroxyl groups is 1. The summed E-state index contributed by atoms with van der Waals surface area (Å²) in [5, 5.41) is 10.1. The molecule has 4 heteroatoms. The first-order valence-electron chi connectivity index (χ1n) is 5.87. The highest BCUT2D eigenvalue weighted by molar-refractivity contribution is 5.21. The molecule has 0 amide bonds. The van der Waals surface area contributed by atoms with Crippen LogP contribution >= 0.6 is 0 Å². The van der Waals surface area contributed by atoms with Gasteiger partial charge in [0.2, 0.25) is 0 Å². The summed E-state index contributed by atoms with van der Waals surface area (Å²) in [5.41, 5.74) is 0.243. The van der Waals surface area contributed by atoms with Crippen molar-refractivity contribution in [3.8, 4) is 0 Å². The number of ether oxygens (including phenoxy) is 1. The molecule has 2 nitrogen and oxygen atoms in total. The summed E-state index contributed by atoms with van der Waals surface area (Å²) in [6.45, 7) is 2.32. The summed E-state index contributed by atoms with van der Waals surface area (Å²) in [7, 11) is 0. The molecule has 2 atom stereocenters. The molecular formula is C13H16F2O2. The van der Waals surface area contributed by atoms with E-state index < -0.39 is 17.7 Å². The summed E-state index contributed by atoms with van der Waals surface area (Å²) >= 11 is 0. The lowest BCUT2D eigenvalue weighted by Crippen LogP contribution is -2.24. The van der Waals surface area contributed by atoms with E-state index in [0.29, 0.717) is 12.5 Å². The highest BCUT2D eigenvalue weighted by Crippen LogP contribution is 2.40. The van der Waals surface area contributed by atoms with E-state index in [1.165, 1.54) is 0 Å². The zero-order valence-corrected chi connectivity index (χ0v) is 9.70. The van der Waals surface area contributed by atoms with E-state index in [4.69, 9.17) is 4.74 Å². The van der Waals surface area contributed by atoms with Crippen LogP contribution in [0.15, 0.2) is 18.2 Å². The standard InChI is InChI=1S/C13H16F2O2/c1-2-17-13(8-3-4-8)12(16)9-5-10(14)7-11(15)6-9/h5-8,12-13,16H,2-4H2,1H3. The molecule has 0 heterocycles. The second-order valence-corrected chi connectivity index (χ2v) is 4.41. The van der Waals surface area contributed by atoms with Gasteiger partial charge in [-0.25, -0.2) is 8.78 Å². The van der Waals surface area contributed by atoms with Crippen LogP contribution in [0.25, 0.3) is 0 Å². The Hall–Kier alpha value is -1.00. The highest BCUT2D eigenvalue weighted by atomic mass is 19.1. The molecule has 1 aliphatic rings. The van der Waals surface area contributed by atoms with Gasteiger partial charge in [0.1, 0.15) is 17.7 Å². The molecule has 0 aliphatic heterocycles. The maximum Gasteiger partial charge on any atom is 0.126 e.